The van der Waals surface area contributed by atoms with E-state index in [0.29, 0.717) is 11.1 Å². The van der Waals surface area contributed by atoms with E-state index in [-0.39, 0.29) is 17.1 Å². The molecular formula is C20H18O2. The van der Waals surface area contributed by atoms with Crippen LogP contribution in [-0.2, 0) is 0 Å². The largest absolute Gasteiger partial charge is 0.288 e. The topological polar surface area (TPSA) is 34.1 Å². The van der Waals surface area contributed by atoms with Crippen LogP contribution in [-0.4, -0.2) is 11.6 Å². The molecule has 0 heterocycles. The van der Waals surface area contributed by atoms with Gasteiger partial charge in [-0.15, -0.1) is 0 Å². The van der Waals surface area contributed by atoms with Crippen LogP contribution < -0.4 is 0 Å². The number of hydrogen-bond donors (Lipinski definition) is 0. The van der Waals surface area contributed by atoms with Crippen molar-refractivity contribution in [3.05, 3.63) is 74.8 Å². The van der Waals surface area contributed by atoms with E-state index in [0.717, 1.165) is 11.1 Å². The van der Waals surface area contributed by atoms with Gasteiger partial charge in [-0.2, -0.15) is 0 Å². The molecule has 0 spiro atoms. The highest BCUT2D eigenvalue weighted by Crippen LogP contribution is 2.30. The van der Waals surface area contributed by atoms with E-state index >= 15 is 0 Å². The molecule has 1 aliphatic carbocycles. The fourth-order valence-corrected chi connectivity index (χ4v) is 2.95. The standard InChI is InChI=1S/C20H18O2/c1-11-9-15(14(4)13(3)12(11)2)10-18-19(21)16-7-5-6-8-17(16)20(18)22/h5-10H,1-4H3. The molecule has 3 rings (SSSR count). The van der Waals surface area contributed by atoms with Gasteiger partial charge in [0.2, 0.25) is 0 Å². The number of Topliss-reactive ketones (excluding diaryl/α,β-unsaturated/α-hetero) is 2. The summed E-state index contributed by atoms with van der Waals surface area (Å²) in [4.78, 5) is 24.9. The van der Waals surface area contributed by atoms with Crippen molar-refractivity contribution in [2.24, 2.45) is 0 Å². The molecule has 0 bridgehead atoms. The van der Waals surface area contributed by atoms with Gasteiger partial charge in [0.05, 0.1) is 5.57 Å². The van der Waals surface area contributed by atoms with Gasteiger partial charge in [-0.1, -0.05) is 30.3 Å². The summed E-state index contributed by atoms with van der Waals surface area (Å²) in [5.74, 6) is -0.341. The second kappa shape index (κ2) is 5.06. The maximum atomic E-state index is 12.5. The predicted octanol–water partition coefficient (Wildman–Crippen LogP) is 4.38. The SMILES string of the molecule is Cc1cc(C=C2C(=O)c3ccccc3C2=O)c(C)c(C)c1C. The number of carbonyl (C=O) groups is 2. The normalized spacial score (nSPS) is 13.5. The molecule has 110 valence electrons. The lowest BCUT2D eigenvalue weighted by atomic mass is 9.93. The molecule has 1 aliphatic rings. The molecule has 0 unspecified atom stereocenters. The Kier molecular flexibility index (Phi) is 3.32. The zero-order valence-electron chi connectivity index (χ0n) is 13.3. The summed E-state index contributed by atoms with van der Waals surface area (Å²) < 4.78 is 0. The average molecular weight is 290 g/mol. The fourth-order valence-electron chi connectivity index (χ4n) is 2.95. The van der Waals surface area contributed by atoms with Crippen LogP contribution in [0.2, 0.25) is 0 Å². The number of rotatable bonds is 1. The lowest BCUT2D eigenvalue weighted by molar-refractivity contribution is 0.0990. The van der Waals surface area contributed by atoms with Gasteiger partial charge in [-0.05, 0) is 61.6 Å². The van der Waals surface area contributed by atoms with Crippen LogP contribution in [0.1, 0.15) is 48.5 Å². The Morgan fingerprint density at radius 2 is 1.32 bits per heavy atom. The third kappa shape index (κ3) is 2.03. The lowest BCUT2D eigenvalue weighted by Gasteiger charge is -2.12. The Hall–Kier alpha value is -2.48. The first-order chi connectivity index (χ1) is 10.4. The monoisotopic (exact) mass is 290 g/mol. The van der Waals surface area contributed by atoms with Crippen LogP contribution in [0.4, 0.5) is 0 Å². The van der Waals surface area contributed by atoms with Crippen molar-refractivity contribution >= 4 is 17.6 Å². The molecule has 0 saturated carbocycles. The van der Waals surface area contributed by atoms with Crippen LogP contribution in [0.25, 0.3) is 6.08 Å². The van der Waals surface area contributed by atoms with Crippen molar-refractivity contribution < 1.29 is 9.59 Å². The summed E-state index contributed by atoms with van der Waals surface area (Å²) >= 11 is 0. The molecule has 0 aromatic heterocycles. The first-order valence-electron chi connectivity index (χ1n) is 7.39. The third-order valence-corrected chi connectivity index (χ3v) is 4.73. The fraction of sp³-hybridized carbons (Fsp3) is 0.200. The first kappa shape index (κ1) is 14.5. The van der Waals surface area contributed by atoms with E-state index in [2.05, 4.69) is 20.8 Å². The molecule has 2 aromatic rings. The number of allylic oxidation sites excluding steroid dienone is 1. The van der Waals surface area contributed by atoms with Crippen molar-refractivity contribution in [2.75, 3.05) is 0 Å². The van der Waals surface area contributed by atoms with Crippen molar-refractivity contribution in [1.82, 2.24) is 0 Å². The summed E-state index contributed by atoms with van der Waals surface area (Å²) in [6.45, 7) is 8.26. The molecule has 0 radical (unpaired) electrons. The van der Waals surface area contributed by atoms with Crippen LogP contribution in [0.15, 0.2) is 35.9 Å². The maximum absolute atomic E-state index is 12.5. The van der Waals surface area contributed by atoms with Crippen LogP contribution in [0.3, 0.4) is 0 Å². The summed E-state index contributed by atoms with van der Waals surface area (Å²) in [5.41, 5.74) is 7.00. The summed E-state index contributed by atoms with van der Waals surface area (Å²) in [5, 5.41) is 0. The molecule has 0 atom stereocenters. The van der Waals surface area contributed by atoms with Crippen molar-refractivity contribution in [1.29, 1.82) is 0 Å². The Balaban J connectivity index is 2.16. The van der Waals surface area contributed by atoms with Crippen LogP contribution >= 0.6 is 0 Å². The average Bonchev–Trinajstić information content (AvgIpc) is 2.76. The van der Waals surface area contributed by atoms with Crippen LogP contribution in [0, 0.1) is 27.7 Å². The van der Waals surface area contributed by atoms with Gasteiger partial charge >= 0.3 is 0 Å². The summed E-state index contributed by atoms with van der Waals surface area (Å²) in [6.07, 6.45) is 1.75. The molecular weight excluding hydrogens is 272 g/mol. The third-order valence-electron chi connectivity index (χ3n) is 4.73. The molecule has 0 N–H and O–H groups in total. The minimum atomic E-state index is -0.170. The van der Waals surface area contributed by atoms with E-state index in [9.17, 15) is 9.59 Å². The Morgan fingerprint density at radius 3 is 1.86 bits per heavy atom. The van der Waals surface area contributed by atoms with E-state index in [4.69, 9.17) is 0 Å². The molecule has 2 heteroatoms. The second-order valence-electron chi connectivity index (χ2n) is 5.92. The smallest absolute Gasteiger partial charge is 0.197 e. The van der Waals surface area contributed by atoms with Crippen molar-refractivity contribution in [3.63, 3.8) is 0 Å². The Labute approximate surface area is 130 Å². The molecule has 2 nitrogen and oxygen atoms in total. The molecule has 0 amide bonds. The highest BCUT2D eigenvalue weighted by Gasteiger charge is 2.32. The van der Waals surface area contributed by atoms with E-state index in [1.54, 1.807) is 30.3 Å². The zero-order chi connectivity index (χ0) is 16.0. The van der Waals surface area contributed by atoms with E-state index in [1.807, 2.05) is 13.0 Å². The van der Waals surface area contributed by atoms with Gasteiger partial charge in [0, 0.05) is 11.1 Å². The van der Waals surface area contributed by atoms with E-state index in [1.165, 1.54) is 16.7 Å². The number of hydrogen-bond acceptors (Lipinski definition) is 2. The quantitative estimate of drug-likeness (QED) is 0.577. The maximum Gasteiger partial charge on any atom is 0.197 e. The zero-order valence-corrected chi connectivity index (χ0v) is 13.3. The number of ketones is 2. The van der Waals surface area contributed by atoms with Crippen LogP contribution in [0.5, 0.6) is 0 Å². The molecule has 0 aliphatic heterocycles. The summed E-state index contributed by atoms with van der Waals surface area (Å²) in [6, 6.07) is 9.06. The van der Waals surface area contributed by atoms with Crippen molar-refractivity contribution in [2.45, 2.75) is 27.7 Å². The molecule has 0 fully saturated rings. The predicted molar refractivity (Wildman–Crippen MR) is 88.5 cm³/mol. The number of aryl methyl sites for hydroxylation is 1. The van der Waals surface area contributed by atoms with Gasteiger partial charge in [0.1, 0.15) is 0 Å². The number of benzene rings is 2. The second-order valence-corrected chi connectivity index (χ2v) is 5.92. The first-order valence-corrected chi connectivity index (χ1v) is 7.39. The summed E-state index contributed by atoms with van der Waals surface area (Å²) in [7, 11) is 0. The van der Waals surface area contributed by atoms with Gasteiger partial charge in [-0.3, -0.25) is 9.59 Å². The molecule has 2 aromatic carbocycles. The lowest BCUT2D eigenvalue weighted by Crippen LogP contribution is -2.02. The van der Waals surface area contributed by atoms with E-state index < -0.39 is 0 Å². The van der Waals surface area contributed by atoms with Gasteiger partial charge in [0.15, 0.2) is 11.6 Å². The van der Waals surface area contributed by atoms with Gasteiger partial charge in [0.25, 0.3) is 0 Å². The Bertz CT molecular complexity index is 817. The highest BCUT2D eigenvalue weighted by atomic mass is 16.2. The highest BCUT2D eigenvalue weighted by molar-refractivity contribution is 6.41. The molecule has 22 heavy (non-hydrogen) atoms. The number of carbonyl (C=O) groups excluding carboxylic acids is 2. The minimum absolute atomic E-state index is 0.170. The van der Waals surface area contributed by atoms with Crippen molar-refractivity contribution in [3.8, 4) is 0 Å². The molecule has 0 saturated heterocycles. The minimum Gasteiger partial charge on any atom is -0.288 e. The van der Waals surface area contributed by atoms with Gasteiger partial charge in [-0.25, -0.2) is 0 Å². The van der Waals surface area contributed by atoms with Gasteiger partial charge < -0.3 is 0 Å². The Morgan fingerprint density at radius 1 is 0.773 bits per heavy atom. The number of fused-ring (bicyclic) bond motifs is 1.